The van der Waals surface area contributed by atoms with Crippen LogP contribution in [-0.4, -0.2) is 49.2 Å². The van der Waals surface area contributed by atoms with Crippen LogP contribution in [0.2, 0.25) is 0 Å². The molecule has 0 saturated heterocycles. The molecule has 0 amide bonds. The molecule has 1 aliphatic carbocycles. The van der Waals surface area contributed by atoms with Crippen LogP contribution >= 0.6 is 0 Å². The van der Waals surface area contributed by atoms with Gasteiger partial charge in [-0.25, -0.2) is 16.8 Å². The maximum atomic E-state index is 12.2. The van der Waals surface area contributed by atoms with Gasteiger partial charge >= 0.3 is 59.1 Å². The summed E-state index contributed by atoms with van der Waals surface area (Å²) in [6.07, 6.45) is 0.0586. The van der Waals surface area contributed by atoms with Crippen LogP contribution in [0.5, 0.6) is 0 Å². The molecule has 0 saturated carbocycles. The van der Waals surface area contributed by atoms with Crippen molar-refractivity contribution in [2.75, 3.05) is 0 Å². The van der Waals surface area contributed by atoms with E-state index in [9.17, 15) is 25.9 Å². The molecule has 0 spiro atoms. The van der Waals surface area contributed by atoms with Crippen molar-refractivity contribution in [3.05, 3.63) is 126 Å². The second kappa shape index (κ2) is 14.9. The van der Waals surface area contributed by atoms with Gasteiger partial charge in [0.2, 0.25) is 20.8 Å². The van der Waals surface area contributed by atoms with E-state index in [1.807, 2.05) is 48.5 Å². The smallest absolute Gasteiger partial charge is 0.726 e. The second-order valence-electron chi connectivity index (χ2n) is 10.1. The third kappa shape index (κ3) is 8.35. The molecule has 0 radical (unpaired) electrons. The molecule has 1 aromatic heterocycles. The van der Waals surface area contributed by atoms with Gasteiger partial charge < -0.3 is 18.8 Å². The second-order valence-corrected chi connectivity index (χ2v) is 12.2. The molecule has 0 bridgehead atoms. The van der Waals surface area contributed by atoms with Crippen molar-refractivity contribution in [2.24, 2.45) is 0 Å². The summed E-state index contributed by atoms with van der Waals surface area (Å²) in [4.78, 5) is 2.97. The van der Waals surface area contributed by atoms with Gasteiger partial charge in [0, 0.05) is 18.3 Å². The Balaban J connectivity index is 0.00000230. The van der Waals surface area contributed by atoms with Gasteiger partial charge in [0.25, 0.3) is 0 Å². The molecule has 0 aliphatic heterocycles. The quantitative estimate of drug-likeness (QED) is 0.0883. The third-order valence-corrected chi connectivity index (χ3v) is 8.35. The van der Waals surface area contributed by atoms with Crippen molar-refractivity contribution in [1.29, 1.82) is 0 Å². The number of aromatic nitrogens is 1. The van der Waals surface area contributed by atoms with Gasteiger partial charge in [-0.3, -0.25) is 8.37 Å². The predicted molar refractivity (Wildman–Crippen MR) is 157 cm³/mol. The Labute approximate surface area is 305 Å². The summed E-state index contributed by atoms with van der Waals surface area (Å²) in [7, 11) is -10.9. The first kappa shape index (κ1) is 36.0. The monoisotopic (exact) mass is 665 g/mol. The minimum Gasteiger partial charge on any atom is -0.726 e. The Hall–Kier alpha value is -1.88. The minimum absolute atomic E-state index is 0. The predicted octanol–water partition coefficient (Wildman–Crippen LogP) is -1.21. The van der Waals surface area contributed by atoms with Gasteiger partial charge in [-0.05, 0) is 55.9 Å². The number of nitrogens with one attached hydrogen (secondary N) is 1. The Bertz CT molecular complexity index is 1970. The molecular weight excluding hydrogens is 640 g/mol. The fourth-order valence-corrected chi connectivity index (χ4v) is 6.71. The number of H-pyrrole nitrogens is 1. The molecule has 222 valence electrons. The van der Waals surface area contributed by atoms with Crippen LogP contribution in [0.3, 0.4) is 0 Å². The van der Waals surface area contributed by atoms with Crippen LogP contribution < -0.4 is 59.1 Å². The average Bonchev–Trinajstić information content (AvgIpc) is 3.50. The molecule has 0 unspecified atom stereocenters. The maximum absolute atomic E-state index is 12.2. The molecule has 5 aromatic rings. The topological polar surface area (TPSA) is 158 Å². The fourth-order valence-electron chi connectivity index (χ4n) is 5.76. The molecule has 1 N–H and O–H groups in total. The number of hydrogen-bond donors (Lipinski definition) is 1. The Morgan fingerprint density at radius 2 is 1.29 bits per heavy atom. The van der Waals surface area contributed by atoms with Crippen LogP contribution in [0.4, 0.5) is 0 Å². The molecule has 14 heteroatoms. The zero-order valence-electron chi connectivity index (χ0n) is 24.4. The molecule has 45 heavy (non-hydrogen) atoms. The number of benzene rings is 4. The van der Waals surface area contributed by atoms with E-state index in [1.54, 1.807) is 60.9 Å². The van der Waals surface area contributed by atoms with Gasteiger partial charge in [0.05, 0.1) is 12.7 Å². The van der Waals surface area contributed by atoms with Gasteiger partial charge in [-0.2, -0.15) is 0 Å². The summed E-state index contributed by atoms with van der Waals surface area (Å²) in [5.74, 6) is -0.761. The first-order valence-corrected chi connectivity index (χ1v) is 15.9. The normalized spacial score (nSPS) is 20.3. The third-order valence-electron chi connectivity index (χ3n) is 7.44. The fraction of sp³-hybridized carbons (Fsp3) is 0.161. The van der Waals surface area contributed by atoms with E-state index in [1.165, 1.54) is 0 Å². The summed E-state index contributed by atoms with van der Waals surface area (Å²) in [6.45, 7) is -0.0393. The average molecular weight is 666 g/mol. The minimum atomic E-state index is -5.45. The Kier molecular flexibility index (Phi) is 11.9. The largest absolute Gasteiger partial charge is 1.00 e. The number of hydrogen-bond acceptors (Lipinski definition) is 9. The molecule has 1 heterocycles. The van der Waals surface area contributed by atoms with E-state index in [4.69, 9.17) is 13.1 Å². The summed E-state index contributed by atoms with van der Waals surface area (Å²) in [6, 6.07) is 27.4. The van der Waals surface area contributed by atoms with Crippen molar-refractivity contribution in [1.82, 2.24) is 4.98 Å². The summed E-state index contributed by atoms with van der Waals surface area (Å²) in [5, 5.41) is 2.97. The summed E-state index contributed by atoms with van der Waals surface area (Å²) < 4.78 is 89.3. The molecule has 4 aromatic carbocycles. The van der Waals surface area contributed by atoms with E-state index in [2.05, 4.69) is 4.98 Å². The summed E-state index contributed by atoms with van der Waals surface area (Å²) in [5.41, 5.74) is 2.02. The van der Waals surface area contributed by atoms with Crippen molar-refractivity contribution in [3.63, 3.8) is 0 Å². The van der Waals surface area contributed by atoms with Crippen molar-refractivity contribution in [3.8, 4) is 0 Å². The standard InChI is InChI=1S/C31H27NO9S2.2Na/c33-42(34,35)40-30-27(28-24-12-6-4-10-21(24)16-22-11-5-7-13-25(22)28)17-26(23-14-15-32-18-23)29(31(30)41-43(36,37)38)39-19-20-8-2-1-3-9-20;;/h1-18,26,29-32H,19H2,(H,33,34,35)(H,36,37,38);;/q;2*+1/p-2/t26-,29-,30-,31+;;/m1../s1. The van der Waals surface area contributed by atoms with Crippen LogP contribution in [0.15, 0.2) is 109 Å². The van der Waals surface area contributed by atoms with E-state index in [0.717, 1.165) is 16.3 Å². The molecule has 1 aliphatic rings. The number of fused-ring (bicyclic) bond motifs is 2. The molecule has 10 nitrogen and oxygen atoms in total. The van der Waals surface area contributed by atoms with Crippen LogP contribution in [0, 0.1) is 0 Å². The van der Waals surface area contributed by atoms with Crippen molar-refractivity contribution < 1.29 is 98.2 Å². The number of ether oxygens (including phenoxy) is 1. The van der Waals surface area contributed by atoms with Crippen molar-refractivity contribution in [2.45, 2.75) is 30.8 Å². The van der Waals surface area contributed by atoms with Crippen LogP contribution in [0.1, 0.15) is 22.6 Å². The van der Waals surface area contributed by atoms with E-state index >= 15 is 0 Å². The Morgan fingerprint density at radius 1 is 0.711 bits per heavy atom. The van der Waals surface area contributed by atoms with Crippen molar-refractivity contribution >= 4 is 47.9 Å². The van der Waals surface area contributed by atoms with Gasteiger partial charge in [-0.1, -0.05) is 84.9 Å². The van der Waals surface area contributed by atoms with Crippen LogP contribution in [-0.2, 0) is 40.5 Å². The molecule has 4 atom stereocenters. The van der Waals surface area contributed by atoms with Crippen LogP contribution in [0.25, 0.3) is 27.1 Å². The van der Waals surface area contributed by atoms with E-state index < -0.39 is 45.0 Å². The SMILES string of the molecule is O=S(=O)([O-])O[C@H]1[C@H](OCc2ccccc2)[C@@H](c2cc[nH]c2)C=C(c2c3ccccc3cc3ccccc23)[C@H]1OS(=O)(=O)[O-].[Na+].[Na+]. The first-order chi connectivity index (χ1) is 20.6. The summed E-state index contributed by atoms with van der Waals surface area (Å²) >= 11 is 0. The molecular formula is C31H25NNa2O9S2. The van der Waals surface area contributed by atoms with Gasteiger partial charge in [-0.15, -0.1) is 0 Å². The number of aromatic amines is 1. The van der Waals surface area contributed by atoms with Gasteiger partial charge in [0.15, 0.2) is 0 Å². The van der Waals surface area contributed by atoms with E-state index in [0.29, 0.717) is 21.9 Å². The van der Waals surface area contributed by atoms with Gasteiger partial charge in [0.1, 0.15) is 12.2 Å². The van der Waals surface area contributed by atoms with E-state index in [-0.39, 0.29) is 71.3 Å². The zero-order valence-corrected chi connectivity index (χ0v) is 30.0. The zero-order chi connectivity index (χ0) is 30.2. The Morgan fingerprint density at radius 3 is 1.84 bits per heavy atom. The number of rotatable bonds is 9. The first-order valence-electron chi connectivity index (χ1n) is 13.3. The molecule has 0 fully saturated rings. The maximum Gasteiger partial charge on any atom is 1.00 e. The molecule has 6 rings (SSSR count).